The highest BCUT2D eigenvalue weighted by Crippen LogP contribution is 2.10. The molecule has 0 aromatic rings. The van der Waals surface area contributed by atoms with Crippen molar-refractivity contribution in [3.8, 4) is 0 Å². The summed E-state index contributed by atoms with van der Waals surface area (Å²) in [6.45, 7) is 3.16. The van der Waals surface area contributed by atoms with E-state index in [1.165, 1.54) is 0 Å². The van der Waals surface area contributed by atoms with Gasteiger partial charge in [0.1, 0.15) is 24.2 Å². The van der Waals surface area contributed by atoms with Crippen LogP contribution in [0.1, 0.15) is 46.0 Å². The quantitative estimate of drug-likeness (QED) is 0.0462. The molecular formula is C21H42N10O6. The first-order valence-corrected chi connectivity index (χ1v) is 11.9. The number of rotatable bonds is 18. The van der Waals surface area contributed by atoms with Crippen molar-refractivity contribution in [3.05, 3.63) is 0 Å². The van der Waals surface area contributed by atoms with E-state index in [4.69, 9.17) is 33.8 Å². The predicted octanol–water partition coefficient (Wildman–Crippen LogP) is -4.00. The third-order valence-electron chi connectivity index (χ3n) is 5.47. The van der Waals surface area contributed by atoms with E-state index < -0.39 is 54.5 Å². The average molecular weight is 531 g/mol. The maximum Gasteiger partial charge on any atom is 0.326 e. The van der Waals surface area contributed by atoms with Crippen molar-refractivity contribution in [1.29, 1.82) is 0 Å². The molecule has 16 heteroatoms. The summed E-state index contributed by atoms with van der Waals surface area (Å²) in [4.78, 5) is 57.7. The number of nitrogens with one attached hydrogen (secondary N) is 3. The van der Waals surface area contributed by atoms with E-state index >= 15 is 0 Å². The number of carbonyl (C=O) groups is 4. The molecule has 15 N–H and O–H groups in total. The van der Waals surface area contributed by atoms with Crippen LogP contribution in [0, 0.1) is 5.92 Å². The highest BCUT2D eigenvalue weighted by molar-refractivity contribution is 5.94. The standard InChI is InChI=1S/C21H42N10O6/c1-3-11(2)15(19(36)37)31-18(35)14(7-5-9-28-21(25)26)30-17(34)13(6-4-8-27-20(23)24)29-16(33)12(22)10-32/h11-15,32H,3-10,22H2,1-2H3,(H,29,33)(H,30,34)(H,31,35)(H,36,37)(H4,23,24,27)(H4,25,26,28). The van der Waals surface area contributed by atoms with E-state index in [1.54, 1.807) is 13.8 Å². The Kier molecular flexibility index (Phi) is 16.0. The van der Waals surface area contributed by atoms with Gasteiger partial charge in [0.05, 0.1) is 6.61 Å². The predicted molar refractivity (Wildman–Crippen MR) is 138 cm³/mol. The van der Waals surface area contributed by atoms with Crippen LogP contribution < -0.4 is 44.6 Å². The zero-order valence-electron chi connectivity index (χ0n) is 21.4. The third-order valence-corrected chi connectivity index (χ3v) is 5.47. The van der Waals surface area contributed by atoms with Gasteiger partial charge in [-0.3, -0.25) is 24.4 Å². The number of aliphatic imine (C=N–C) groups is 2. The summed E-state index contributed by atoms with van der Waals surface area (Å²) < 4.78 is 0. The second-order valence-electron chi connectivity index (χ2n) is 8.52. The van der Waals surface area contributed by atoms with Gasteiger partial charge in [-0.05, 0) is 31.6 Å². The highest BCUT2D eigenvalue weighted by Gasteiger charge is 2.31. The number of aliphatic carboxylic acids is 1. The maximum absolute atomic E-state index is 13.1. The normalized spacial score (nSPS) is 14.7. The molecule has 5 unspecified atom stereocenters. The van der Waals surface area contributed by atoms with Crippen molar-refractivity contribution < 1.29 is 29.4 Å². The summed E-state index contributed by atoms with van der Waals surface area (Å²) in [5.41, 5.74) is 26.8. The number of carboxylic acid groups (broad SMARTS) is 1. The van der Waals surface area contributed by atoms with Crippen LogP contribution in [0.3, 0.4) is 0 Å². The Balaban J connectivity index is 5.72. The Morgan fingerprint density at radius 2 is 1.24 bits per heavy atom. The number of hydrogen-bond acceptors (Lipinski definition) is 8. The van der Waals surface area contributed by atoms with Crippen LogP contribution in [-0.2, 0) is 19.2 Å². The molecule has 0 heterocycles. The molecule has 0 aromatic carbocycles. The van der Waals surface area contributed by atoms with E-state index in [-0.39, 0.29) is 50.2 Å². The minimum absolute atomic E-state index is 0.0754. The number of amides is 3. The van der Waals surface area contributed by atoms with Crippen molar-refractivity contribution in [2.75, 3.05) is 19.7 Å². The summed E-state index contributed by atoms with van der Waals surface area (Å²) in [5, 5.41) is 26.1. The van der Waals surface area contributed by atoms with Crippen molar-refractivity contribution in [2.45, 2.75) is 70.1 Å². The molecule has 37 heavy (non-hydrogen) atoms. The molecule has 0 aliphatic carbocycles. The summed E-state index contributed by atoms with van der Waals surface area (Å²) >= 11 is 0. The second kappa shape index (κ2) is 17.7. The molecule has 0 rings (SSSR count). The fourth-order valence-corrected chi connectivity index (χ4v) is 3.12. The first kappa shape index (κ1) is 33.3. The molecule has 212 valence electrons. The Morgan fingerprint density at radius 1 is 0.811 bits per heavy atom. The van der Waals surface area contributed by atoms with Gasteiger partial charge < -0.3 is 54.8 Å². The summed E-state index contributed by atoms with van der Waals surface area (Å²) in [6, 6.07) is -4.74. The van der Waals surface area contributed by atoms with Crippen molar-refractivity contribution in [3.63, 3.8) is 0 Å². The summed E-state index contributed by atoms with van der Waals surface area (Å²) in [5.74, 6) is -4.08. The number of carboxylic acids is 1. The van der Waals surface area contributed by atoms with Crippen LogP contribution >= 0.6 is 0 Å². The SMILES string of the molecule is CCC(C)C(NC(=O)C(CCCN=C(N)N)NC(=O)C(CCCN=C(N)N)NC(=O)C(N)CO)C(=O)O. The van der Waals surface area contributed by atoms with Gasteiger partial charge in [0.2, 0.25) is 17.7 Å². The Labute approximate surface area is 215 Å². The Morgan fingerprint density at radius 3 is 1.62 bits per heavy atom. The van der Waals surface area contributed by atoms with Gasteiger partial charge in [0.25, 0.3) is 0 Å². The number of aliphatic hydroxyl groups is 1. The molecular weight excluding hydrogens is 488 g/mol. The molecule has 0 aliphatic rings. The zero-order valence-corrected chi connectivity index (χ0v) is 21.4. The lowest BCUT2D eigenvalue weighted by Gasteiger charge is -2.26. The average Bonchev–Trinajstić information content (AvgIpc) is 2.83. The van der Waals surface area contributed by atoms with Gasteiger partial charge >= 0.3 is 5.97 Å². The third kappa shape index (κ3) is 13.9. The fourth-order valence-electron chi connectivity index (χ4n) is 3.12. The van der Waals surface area contributed by atoms with Gasteiger partial charge in [-0.1, -0.05) is 20.3 Å². The van der Waals surface area contributed by atoms with E-state index in [0.717, 1.165) is 0 Å². The second-order valence-corrected chi connectivity index (χ2v) is 8.52. The Bertz CT molecular complexity index is 814. The van der Waals surface area contributed by atoms with Crippen molar-refractivity contribution >= 4 is 35.6 Å². The highest BCUT2D eigenvalue weighted by atomic mass is 16.4. The summed E-state index contributed by atoms with van der Waals surface area (Å²) in [7, 11) is 0. The molecule has 0 saturated heterocycles. The molecule has 0 aromatic heterocycles. The number of carbonyl (C=O) groups excluding carboxylic acids is 3. The van der Waals surface area contributed by atoms with Crippen LogP contribution in [0.15, 0.2) is 9.98 Å². The minimum atomic E-state index is -1.27. The lowest BCUT2D eigenvalue weighted by atomic mass is 9.98. The molecule has 0 spiro atoms. The molecule has 0 radical (unpaired) electrons. The largest absolute Gasteiger partial charge is 0.480 e. The smallest absolute Gasteiger partial charge is 0.326 e. The lowest BCUT2D eigenvalue weighted by Crippen LogP contribution is -2.58. The topological polar surface area (TPSA) is 300 Å². The van der Waals surface area contributed by atoms with Crippen LogP contribution in [0.5, 0.6) is 0 Å². The first-order chi connectivity index (χ1) is 17.3. The van der Waals surface area contributed by atoms with Gasteiger partial charge in [0, 0.05) is 13.1 Å². The maximum atomic E-state index is 13.1. The van der Waals surface area contributed by atoms with Gasteiger partial charge in [0.15, 0.2) is 11.9 Å². The van der Waals surface area contributed by atoms with Gasteiger partial charge in [-0.2, -0.15) is 0 Å². The lowest BCUT2D eigenvalue weighted by molar-refractivity contribution is -0.144. The Hall–Kier alpha value is -3.66. The number of guanidine groups is 2. The molecule has 0 fully saturated rings. The first-order valence-electron chi connectivity index (χ1n) is 11.9. The fraction of sp³-hybridized carbons (Fsp3) is 0.714. The van der Waals surface area contributed by atoms with E-state index in [0.29, 0.717) is 12.8 Å². The summed E-state index contributed by atoms with van der Waals surface area (Å²) in [6.07, 6.45) is 1.23. The number of nitrogens with zero attached hydrogens (tertiary/aromatic N) is 2. The van der Waals surface area contributed by atoms with E-state index in [1.807, 2.05) is 0 Å². The number of nitrogens with two attached hydrogens (primary N) is 5. The van der Waals surface area contributed by atoms with Crippen LogP contribution in [0.25, 0.3) is 0 Å². The van der Waals surface area contributed by atoms with Gasteiger partial charge in [-0.15, -0.1) is 0 Å². The van der Waals surface area contributed by atoms with Crippen LogP contribution in [0.4, 0.5) is 0 Å². The van der Waals surface area contributed by atoms with Crippen molar-refractivity contribution in [2.24, 2.45) is 44.6 Å². The van der Waals surface area contributed by atoms with Crippen LogP contribution in [-0.4, -0.2) is 89.7 Å². The molecule has 3 amide bonds. The number of aliphatic hydroxyl groups excluding tert-OH is 1. The van der Waals surface area contributed by atoms with E-state index in [9.17, 15) is 24.3 Å². The molecule has 0 bridgehead atoms. The van der Waals surface area contributed by atoms with Crippen LogP contribution in [0.2, 0.25) is 0 Å². The monoisotopic (exact) mass is 530 g/mol. The molecule has 0 saturated carbocycles. The zero-order chi connectivity index (χ0) is 28.5. The number of hydrogen-bond donors (Lipinski definition) is 10. The minimum Gasteiger partial charge on any atom is -0.480 e. The van der Waals surface area contributed by atoms with Gasteiger partial charge in [-0.25, -0.2) is 4.79 Å². The molecule has 5 atom stereocenters. The molecule has 0 aliphatic heterocycles. The van der Waals surface area contributed by atoms with E-state index in [2.05, 4.69) is 25.9 Å². The van der Waals surface area contributed by atoms with Crippen molar-refractivity contribution in [1.82, 2.24) is 16.0 Å². The molecule has 16 nitrogen and oxygen atoms in total.